The molecule has 1 heterocycles. The lowest BCUT2D eigenvalue weighted by Crippen LogP contribution is -2.68. The second-order valence-electron chi connectivity index (χ2n) is 20.2. The zero-order valence-corrected chi connectivity index (χ0v) is 34.0. The van der Waals surface area contributed by atoms with Gasteiger partial charge in [0.25, 0.3) is 0 Å². The number of benzene rings is 1. The molecular formula is C45H69N3O2S. The minimum atomic E-state index is -2.09. The zero-order valence-electron chi connectivity index (χ0n) is 33.2. The van der Waals surface area contributed by atoms with Crippen molar-refractivity contribution in [3.05, 3.63) is 41.5 Å². The van der Waals surface area contributed by atoms with Crippen molar-refractivity contribution in [2.75, 3.05) is 45.5 Å². The first kappa shape index (κ1) is 36.5. The van der Waals surface area contributed by atoms with Crippen molar-refractivity contribution in [3.8, 4) is 0 Å². The summed E-state index contributed by atoms with van der Waals surface area (Å²) in [6.45, 7) is 21.0. The molecule has 282 valence electrons. The molecule has 0 amide bonds. The van der Waals surface area contributed by atoms with Crippen molar-refractivity contribution in [2.24, 2.45) is 57.2 Å². The van der Waals surface area contributed by atoms with E-state index in [1.54, 1.807) is 13.2 Å². The summed E-state index contributed by atoms with van der Waals surface area (Å²) in [5.41, 5.74) is 5.13. The number of nitrogens with one attached hydrogen (secondary N) is 1. The highest BCUT2D eigenvalue weighted by Crippen LogP contribution is 2.77. The van der Waals surface area contributed by atoms with Crippen LogP contribution in [0, 0.1) is 57.2 Å². The molecule has 51 heavy (non-hydrogen) atoms. The quantitative estimate of drug-likeness (QED) is 0.217. The van der Waals surface area contributed by atoms with Crippen LogP contribution in [0.1, 0.15) is 128 Å². The monoisotopic (exact) mass is 716 g/mol. The molecule has 10 unspecified atom stereocenters. The lowest BCUT2D eigenvalue weighted by atomic mass is 9.33. The van der Waals surface area contributed by atoms with Crippen molar-refractivity contribution >= 4 is 26.9 Å². The molecule has 6 heteroatoms. The van der Waals surface area contributed by atoms with Gasteiger partial charge in [-0.05, 0) is 152 Å². The van der Waals surface area contributed by atoms with Gasteiger partial charge in [-0.15, -0.1) is 0 Å². The Hall–Kier alpha value is -1.47. The van der Waals surface area contributed by atoms with Gasteiger partial charge in [0.05, 0.1) is 0 Å². The molecule has 10 atom stereocenters. The van der Waals surface area contributed by atoms with Crippen LogP contribution >= 0.6 is 0 Å². The Bertz CT molecular complexity index is 1650. The molecular weight excluding hydrogens is 647 g/mol. The van der Waals surface area contributed by atoms with E-state index in [0.29, 0.717) is 27.7 Å². The predicted molar refractivity (Wildman–Crippen MR) is 214 cm³/mol. The first-order valence-corrected chi connectivity index (χ1v) is 23.0. The van der Waals surface area contributed by atoms with Crippen molar-refractivity contribution in [1.82, 2.24) is 14.5 Å². The van der Waals surface area contributed by atoms with Crippen molar-refractivity contribution < 1.29 is 9.00 Å². The maximum atomic E-state index is 12.5. The van der Waals surface area contributed by atoms with E-state index in [4.69, 9.17) is 0 Å². The number of ketones is 1. The van der Waals surface area contributed by atoms with Gasteiger partial charge in [-0.25, -0.2) is 4.31 Å². The molecule has 7 aliphatic rings. The van der Waals surface area contributed by atoms with E-state index >= 15 is 0 Å². The van der Waals surface area contributed by atoms with Crippen LogP contribution in [0.3, 0.4) is 0 Å². The lowest BCUT2D eigenvalue weighted by molar-refractivity contribution is -0.221. The summed E-state index contributed by atoms with van der Waals surface area (Å²) in [5.74, 6) is 9.07. The van der Waals surface area contributed by atoms with Crippen LogP contribution in [0.4, 0.5) is 0 Å². The van der Waals surface area contributed by atoms with Crippen LogP contribution in [0.2, 0.25) is 0 Å². The van der Waals surface area contributed by atoms with Gasteiger partial charge in [-0.3, -0.25) is 13.9 Å². The number of hydrogen-bond acceptors (Lipinski definition) is 4. The van der Waals surface area contributed by atoms with Crippen LogP contribution in [0.5, 0.6) is 0 Å². The number of allylic oxidation sites excluding steroid dienone is 2. The molecule has 0 bridgehead atoms. The molecule has 1 N–H and O–H groups in total. The Morgan fingerprint density at radius 1 is 0.863 bits per heavy atom. The van der Waals surface area contributed by atoms with E-state index in [-0.39, 0.29) is 11.2 Å². The van der Waals surface area contributed by atoms with E-state index in [2.05, 4.69) is 73.2 Å². The van der Waals surface area contributed by atoms with Gasteiger partial charge in [-0.2, -0.15) is 0 Å². The highest BCUT2D eigenvalue weighted by atomic mass is 32.2. The first-order chi connectivity index (χ1) is 24.0. The number of piperazine rings is 1. The number of rotatable bonds is 8. The molecule has 5 nitrogen and oxygen atoms in total. The molecule has 8 rings (SSSR count). The number of hydrogen-bond donors (Lipinski definition) is 1. The third-order valence-electron chi connectivity index (χ3n) is 17.7. The summed E-state index contributed by atoms with van der Waals surface area (Å²) in [5, 5.41) is 4.38. The van der Waals surface area contributed by atoms with Gasteiger partial charge in [0.15, 0.2) is 5.78 Å². The number of fused-ring (bicyclic) bond motifs is 7. The third-order valence-corrected chi connectivity index (χ3v) is 19.1. The molecule has 6 fully saturated rings. The van der Waals surface area contributed by atoms with E-state index in [1.165, 1.54) is 81.8 Å². The summed E-state index contributed by atoms with van der Waals surface area (Å²) < 4.78 is 14.6. The molecule has 1 aliphatic heterocycles. The maximum Gasteiger partial charge on any atom is 0.159 e. The van der Waals surface area contributed by atoms with Crippen molar-refractivity contribution in [3.63, 3.8) is 0 Å². The van der Waals surface area contributed by atoms with Crippen molar-refractivity contribution in [2.45, 2.75) is 118 Å². The standard InChI is InChI=1S/C45H69N3O2S/c1-31(49)32-9-13-34(14-10-32)36-18-20-42(4)38(41(36,2)3)19-21-44(6)39(42)16-15-37-40-35(33-11-12-33)17-22-45(40,24-23-43(37,44)5)46-25-26-47-27-29-48(30-28-47)51(7,8)50/h9-10,13-14,18,33,35,37-40,46H,7,11-12,15-17,19-30H2,1-6,8H3. The number of nitrogens with zero attached hydrogens (tertiary/aromatic N) is 2. The molecule has 1 saturated heterocycles. The largest absolute Gasteiger partial charge is 0.310 e. The van der Waals surface area contributed by atoms with Gasteiger partial charge in [0, 0.05) is 66.3 Å². The highest BCUT2D eigenvalue weighted by Gasteiger charge is 2.71. The smallest absolute Gasteiger partial charge is 0.159 e. The Kier molecular flexibility index (Phi) is 8.97. The van der Waals surface area contributed by atoms with E-state index in [9.17, 15) is 9.00 Å². The Balaban J connectivity index is 1.03. The summed E-state index contributed by atoms with van der Waals surface area (Å²) in [7, 11) is -2.09. The SMILES string of the molecule is C=S(C)(=O)N1CCN(CCNC23CCC(C4CC4)C2C2CCC4C5(C)CC=C(c6ccc(C(C)=O)cc6)C(C)(C)C5CCC4(C)C2(C)CC3)CC1. The summed E-state index contributed by atoms with van der Waals surface area (Å²) in [4.78, 5) is 14.6. The average Bonchev–Trinajstić information content (AvgIpc) is 3.85. The fraction of sp³-hybridized carbons (Fsp3) is 0.778. The zero-order chi connectivity index (χ0) is 36.2. The fourth-order valence-electron chi connectivity index (χ4n) is 14.8. The van der Waals surface area contributed by atoms with Crippen LogP contribution in [0.15, 0.2) is 30.3 Å². The predicted octanol–water partition coefficient (Wildman–Crippen LogP) is 8.59. The van der Waals surface area contributed by atoms with Crippen molar-refractivity contribution in [1.29, 1.82) is 0 Å². The highest BCUT2D eigenvalue weighted by molar-refractivity contribution is 7.97. The molecule has 1 aromatic rings. The third kappa shape index (κ3) is 5.72. The number of Topliss-reactive ketones (excluding diaryl/α,β-unsaturated/α-hetero) is 1. The van der Waals surface area contributed by atoms with Crippen LogP contribution < -0.4 is 5.32 Å². The topological polar surface area (TPSA) is 52.7 Å². The second kappa shape index (κ2) is 12.5. The molecule has 1 aromatic carbocycles. The van der Waals surface area contributed by atoms with Crippen LogP contribution in [0.25, 0.3) is 5.57 Å². The molecule has 6 aliphatic carbocycles. The Morgan fingerprint density at radius 2 is 1.57 bits per heavy atom. The van der Waals surface area contributed by atoms with E-state index < -0.39 is 9.71 Å². The van der Waals surface area contributed by atoms with Gasteiger partial charge in [0.1, 0.15) is 0 Å². The van der Waals surface area contributed by atoms with Gasteiger partial charge in [-0.1, -0.05) is 65.0 Å². The summed E-state index contributed by atoms with van der Waals surface area (Å²) in [6, 6.07) is 8.49. The fourth-order valence-corrected chi connectivity index (χ4v) is 15.7. The summed E-state index contributed by atoms with van der Waals surface area (Å²) >= 11 is 0. The summed E-state index contributed by atoms with van der Waals surface area (Å²) in [6.07, 6.45) is 19.6. The molecule has 5 saturated carbocycles. The van der Waals surface area contributed by atoms with Gasteiger partial charge in [0.2, 0.25) is 0 Å². The minimum absolute atomic E-state index is 0.105. The first-order valence-electron chi connectivity index (χ1n) is 20.9. The Morgan fingerprint density at radius 3 is 2.22 bits per heavy atom. The van der Waals surface area contributed by atoms with E-state index in [0.717, 1.165) is 74.4 Å². The second-order valence-corrected chi connectivity index (χ2v) is 22.7. The van der Waals surface area contributed by atoms with Crippen LogP contribution in [-0.2, 0) is 9.71 Å². The van der Waals surface area contributed by atoms with Gasteiger partial charge >= 0.3 is 0 Å². The molecule has 0 radical (unpaired) electrons. The van der Waals surface area contributed by atoms with Gasteiger partial charge < -0.3 is 5.32 Å². The lowest BCUT2D eigenvalue weighted by Gasteiger charge is -2.72. The molecule has 0 spiro atoms. The normalized spacial score (nSPS) is 43.6. The average molecular weight is 716 g/mol. The number of carbonyl (C=O) groups is 1. The Labute approximate surface area is 311 Å². The van der Waals surface area contributed by atoms with E-state index in [1.807, 2.05) is 12.1 Å². The maximum absolute atomic E-state index is 12.5. The van der Waals surface area contributed by atoms with Crippen LogP contribution in [-0.4, -0.2) is 76.1 Å². The minimum Gasteiger partial charge on any atom is -0.310 e. The molecule has 0 aromatic heterocycles. The number of carbonyl (C=O) groups excluding carboxylic acids is 1.